The Hall–Kier alpha value is -2.11. The van der Waals surface area contributed by atoms with Crippen molar-refractivity contribution in [2.75, 3.05) is 0 Å². The number of benzene rings is 1. The number of aromatic nitrogens is 2. The van der Waals surface area contributed by atoms with Crippen LogP contribution in [0.3, 0.4) is 0 Å². The molecule has 3 rings (SSSR count). The van der Waals surface area contributed by atoms with Crippen molar-refractivity contribution in [3.05, 3.63) is 57.7 Å². The Balaban J connectivity index is 2.48. The van der Waals surface area contributed by atoms with Gasteiger partial charge in [-0.3, -0.25) is 9.36 Å². The molecule has 0 fully saturated rings. The number of hydrogen-bond acceptors (Lipinski definition) is 4. The highest BCUT2D eigenvalue weighted by molar-refractivity contribution is 6.35. The van der Waals surface area contributed by atoms with Crippen LogP contribution in [0.4, 0.5) is 0 Å². The molecular formula is C14H12ClN3O2. The van der Waals surface area contributed by atoms with Gasteiger partial charge < -0.3 is 10.3 Å². The summed E-state index contributed by atoms with van der Waals surface area (Å²) in [5.41, 5.74) is 6.36. The zero-order valence-electron chi connectivity index (χ0n) is 10.7. The van der Waals surface area contributed by atoms with E-state index in [0.717, 1.165) is 5.39 Å². The average Bonchev–Trinajstić information content (AvgIpc) is 2.91. The maximum absolute atomic E-state index is 12.7. The fourth-order valence-corrected chi connectivity index (χ4v) is 2.50. The van der Waals surface area contributed by atoms with E-state index in [9.17, 15) is 4.79 Å². The third-order valence-electron chi connectivity index (χ3n) is 3.14. The Labute approximate surface area is 119 Å². The van der Waals surface area contributed by atoms with E-state index in [4.69, 9.17) is 21.9 Å². The zero-order valence-corrected chi connectivity index (χ0v) is 11.5. The van der Waals surface area contributed by atoms with Crippen LogP contribution < -0.4 is 11.3 Å². The first-order valence-electron chi connectivity index (χ1n) is 6.10. The van der Waals surface area contributed by atoms with E-state index in [1.807, 2.05) is 19.1 Å². The van der Waals surface area contributed by atoms with Gasteiger partial charge >= 0.3 is 0 Å². The maximum Gasteiger partial charge on any atom is 0.266 e. The highest BCUT2D eigenvalue weighted by Gasteiger charge is 2.16. The molecule has 0 spiro atoms. The molecule has 20 heavy (non-hydrogen) atoms. The van der Waals surface area contributed by atoms with Gasteiger partial charge in [-0.05, 0) is 24.4 Å². The van der Waals surface area contributed by atoms with Gasteiger partial charge in [0.15, 0.2) is 5.82 Å². The average molecular weight is 290 g/mol. The maximum atomic E-state index is 12.7. The smallest absolute Gasteiger partial charge is 0.266 e. The molecule has 0 saturated carbocycles. The number of fused-ring (bicyclic) bond motifs is 1. The zero-order chi connectivity index (χ0) is 14.3. The Bertz CT molecular complexity index is 822. The molecule has 3 aromatic rings. The molecule has 2 heterocycles. The largest absolute Gasteiger partial charge is 0.363 e. The third kappa shape index (κ3) is 1.92. The first kappa shape index (κ1) is 12.9. The van der Waals surface area contributed by atoms with Crippen LogP contribution in [0.1, 0.15) is 18.7 Å². The summed E-state index contributed by atoms with van der Waals surface area (Å²) in [6.07, 6.45) is 1.41. The normalized spacial score (nSPS) is 12.8. The Morgan fingerprint density at radius 3 is 2.85 bits per heavy atom. The van der Waals surface area contributed by atoms with Crippen LogP contribution in [-0.4, -0.2) is 9.72 Å². The van der Waals surface area contributed by atoms with Gasteiger partial charge in [-0.25, -0.2) is 0 Å². The molecule has 0 aliphatic heterocycles. The van der Waals surface area contributed by atoms with Gasteiger partial charge in [0.05, 0.1) is 10.4 Å². The van der Waals surface area contributed by atoms with E-state index in [0.29, 0.717) is 21.9 Å². The van der Waals surface area contributed by atoms with Crippen molar-refractivity contribution in [3.8, 4) is 5.82 Å². The minimum atomic E-state index is -0.331. The third-order valence-corrected chi connectivity index (χ3v) is 3.46. The van der Waals surface area contributed by atoms with Crippen LogP contribution in [0.2, 0.25) is 5.02 Å². The molecule has 0 amide bonds. The van der Waals surface area contributed by atoms with E-state index in [2.05, 4.69) is 5.16 Å². The quantitative estimate of drug-likeness (QED) is 0.787. The molecule has 0 aliphatic rings. The Kier molecular flexibility index (Phi) is 3.08. The molecule has 0 bridgehead atoms. The molecule has 0 aliphatic carbocycles. The molecule has 0 saturated heterocycles. The van der Waals surface area contributed by atoms with Gasteiger partial charge in [0.2, 0.25) is 0 Å². The second kappa shape index (κ2) is 4.77. The summed E-state index contributed by atoms with van der Waals surface area (Å²) in [5, 5.41) is 5.42. The van der Waals surface area contributed by atoms with Crippen LogP contribution in [0.25, 0.3) is 16.6 Å². The lowest BCUT2D eigenvalue weighted by atomic mass is 10.1. The van der Waals surface area contributed by atoms with E-state index < -0.39 is 0 Å². The predicted molar refractivity (Wildman–Crippen MR) is 77.2 cm³/mol. The Morgan fingerprint density at radius 1 is 1.40 bits per heavy atom. The number of halogens is 1. The molecule has 102 valence electrons. The fourth-order valence-electron chi connectivity index (χ4n) is 2.23. The number of nitrogens with two attached hydrogens (primary N) is 1. The highest BCUT2D eigenvalue weighted by atomic mass is 35.5. The first-order valence-corrected chi connectivity index (χ1v) is 6.48. The fraction of sp³-hybridized carbons (Fsp3) is 0.143. The molecule has 0 unspecified atom stereocenters. The summed E-state index contributed by atoms with van der Waals surface area (Å²) in [6, 6.07) is 8.45. The topological polar surface area (TPSA) is 74.1 Å². The van der Waals surface area contributed by atoms with Gasteiger partial charge in [0.25, 0.3) is 5.56 Å². The molecule has 2 aromatic heterocycles. The van der Waals surface area contributed by atoms with Crippen molar-refractivity contribution in [2.45, 2.75) is 13.0 Å². The van der Waals surface area contributed by atoms with Crippen LogP contribution in [-0.2, 0) is 0 Å². The molecule has 2 N–H and O–H groups in total. The van der Waals surface area contributed by atoms with Gasteiger partial charge in [0.1, 0.15) is 6.26 Å². The van der Waals surface area contributed by atoms with Crippen LogP contribution in [0, 0.1) is 0 Å². The van der Waals surface area contributed by atoms with E-state index in [-0.39, 0.29) is 11.6 Å². The summed E-state index contributed by atoms with van der Waals surface area (Å²) >= 11 is 6.14. The van der Waals surface area contributed by atoms with Gasteiger partial charge in [-0.2, -0.15) is 0 Å². The predicted octanol–water partition coefficient (Wildman–Crippen LogP) is 2.65. The lowest BCUT2D eigenvalue weighted by Gasteiger charge is -2.15. The Morgan fingerprint density at radius 2 is 2.20 bits per heavy atom. The minimum absolute atomic E-state index is 0.255. The summed E-state index contributed by atoms with van der Waals surface area (Å²) in [6.45, 7) is 1.81. The molecule has 6 heteroatoms. The second-order valence-electron chi connectivity index (χ2n) is 4.56. The molecule has 0 radical (unpaired) electrons. The van der Waals surface area contributed by atoms with Crippen molar-refractivity contribution in [3.63, 3.8) is 0 Å². The lowest BCUT2D eigenvalue weighted by molar-refractivity contribution is 0.415. The van der Waals surface area contributed by atoms with Gasteiger partial charge in [0, 0.05) is 17.8 Å². The number of hydrogen-bond donors (Lipinski definition) is 1. The standard InChI is InChI=1S/C14H12ClN3O2/c1-8(16)11-7-9-3-2-4-10(15)13(9)14(19)18(11)12-5-6-20-17-12/h2-8H,16H2,1H3/t8-/m0/s1. The summed E-state index contributed by atoms with van der Waals surface area (Å²) < 4.78 is 6.25. The highest BCUT2D eigenvalue weighted by Crippen LogP contribution is 2.24. The second-order valence-corrected chi connectivity index (χ2v) is 4.97. The van der Waals surface area contributed by atoms with Crippen LogP contribution in [0.5, 0.6) is 0 Å². The monoisotopic (exact) mass is 289 g/mol. The van der Waals surface area contributed by atoms with E-state index in [1.54, 1.807) is 18.2 Å². The molecule has 5 nitrogen and oxygen atoms in total. The number of nitrogens with zero attached hydrogens (tertiary/aromatic N) is 2. The van der Waals surface area contributed by atoms with Crippen molar-refractivity contribution < 1.29 is 4.52 Å². The first-order chi connectivity index (χ1) is 9.59. The lowest BCUT2D eigenvalue weighted by Crippen LogP contribution is -2.26. The number of rotatable bonds is 2. The van der Waals surface area contributed by atoms with Crippen molar-refractivity contribution in [1.82, 2.24) is 9.72 Å². The molecule has 1 atom stereocenters. The van der Waals surface area contributed by atoms with Gasteiger partial charge in [-0.1, -0.05) is 28.9 Å². The van der Waals surface area contributed by atoms with E-state index >= 15 is 0 Å². The number of pyridine rings is 1. The van der Waals surface area contributed by atoms with Crippen molar-refractivity contribution in [2.24, 2.45) is 5.73 Å². The van der Waals surface area contributed by atoms with Gasteiger partial charge in [-0.15, -0.1) is 0 Å². The molecule has 1 aromatic carbocycles. The summed E-state index contributed by atoms with van der Waals surface area (Å²) in [5.74, 6) is 0.393. The summed E-state index contributed by atoms with van der Waals surface area (Å²) in [7, 11) is 0. The van der Waals surface area contributed by atoms with Crippen LogP contribution >= 0.6 is 11.6 Å². The summed E-state index contributed by atoms with van der Waals surface area (Å²) in [4.78, 5) is 12.7. The SMILES string of the molecule is C[C@H](N)c1cc2cccc(Cl)c2c(=O)n1-c1ccon1. The molecular weight excluding hydrogens is 278 g/mol. The van der Waals surface area contributed by atoms with Crippen molar-refractivity contribution >= 4 is 22.4 Å². The van der Waals surface area contributed by atoms with E-state index in [1.165, 1.54) is 10.8 Å². The van der Waals surface area contributed by atoms with Crippen molar-refractivity contribution in [1.29, 1.82) is 0 Å². The minimum Gasteiger partial charge on any atom is -0.363 e. The van der Waals surface area contributed by atoms with Crippen LogP contribution in [0.15, 0.2) is 45.9 Å².